The van der Waals surface area contributed by atoms with Crippen LogP contribution in [-0.2, 0) is 0 Å². The van der Waals surface area contributed by atoms with E-state index < -0.39 is 0 Å². The fraction of sp³-hybridized carbons (Fsp3) is 0.125. The summed E-state index contributed by atoms with van der Waals surface area (Å²) in [7, 11) is 1.58. The minimum Gasteiger partial charge on any atom is -0.288 e. The summed E-state index contributed by atoms with van der Waals surface area (Å²) >= 11 is 0. The Labute approximate surface area is 69.6 Å². The summed E-state index contributed by atoms with van der Waals surface area (Å²) in [5.74, 6) is -0.631. The lowest BCUT2D eigenvalue weighted by Crippen LogP contribution is -2.34. The van der Waals surface area contributed by atoms with Crippen LogP contribution in [0.25, 0.3) is 0 Å². The molecular formula is C8H9FN2O. The van der Waals surface area contributed by atoms with E-state index in [0.717, 1.165) is 0 Å². The highest BCUT2D eigenvalue weighted by Crippen LogP contribution is 2.01. The molecule has 0 aromatic heterocycles. The molecule has 64 valence electrons. The van der Waals surface area contributed by atoms with E-state index in [0.29, 0.717) is 5.56 Å². The van der Waals surface area contributed by atoms with Crippen LogP contribution in [0.4, 0.5) is 4.39 Å². The fourth-order valence-electron chi connectivity index (χ4n) is 0.787. The Kier molecular flexibility index (Phi) is 2.76. The molecule has 12 heavy (non-hydrogen) atoms. The Bertz CT molecular complexity index is 271. The second kappa shape index (κ2) is 3.82. The van der Waals surface area contributed by atoms with E-state index in [1.807, 2.05) is 0 Å². The summed E-state index contributed by atoms with van der Waals surface area (Å²) in [5, 5.41) is 0. The lowest BCUT2D eigenvalue weighted by atomic mass is 10.2. The number of hydrogen-bond donors (Lipinski definition) is 2. The van der Waals surface area contributed by atoms with Gasteiger partial charge >= 0.3 is 0 Å². The average Bonchev–Trinajstić information content (AvgIpc) is 2.06. The summed E-state index contributed by atoms with van der Waals surface area (Å²) in [4.78, 5) is 11.1. The number of carbonyl (C=O) groups is 1. The first kappa shape index (κ1) is 8.67. The summed E-state index contributed by atoms with van der Waals surface area (Å²) in [6.45, 7) is 0. The summed E-state index contributed by atoms with van der Waals surface area (Å²) in [5.41, 5.74) is 5.28. The van der Waals surface area contributed by atoms with Crippen molar-refractivity contribution in [3.8, 4) is 0 Å². The van der Waals surface area contributed by atoms with Gasteiger partial charge in [0.05, 0.1) is 0 Å². The standard InChI is InChI=1S/C8H9FN2O/c1-10-11-8(12)6-2-4-7(9)5-3-6/h2-5,10H,1H3,(H,11,12). The topological polar surface area (TPSA) is 41.1 Å². The van der Waals surface area contributed by atoms with Crippen LogP contribution in [0.5, 0.6) is 0 Å². The third-order valence-corrected chi connectivity index (χ3v) is 1.34. The van der Waals surface area contributed by atoms with E-state index >= 15 is 0 Å². The zero-order chi connectivity index (χ0) is 8.97. The number of halogens is 1. The SMILES string of the molecule is CNNC(=O)c1ccc(F)cc1. The molecule has 0 saturated carbocycles. The van der Waals surface area contributed by atoms with E-state index in [4.69, 9.17) is 0 Å². The molecule has 1 aromatic rings. The molecular weight excluding hydrogens is 159 g/mol. The minimum absolute atomic E-state index is 0.280. The van der Waals surface area contributed by atoms with Crippen LogP contribution in [0.3, 0.4) is 0 Å². The highest BCUT2D eigenvalue weighted by molar-refractivity contribution is 5.93. The molecule has 0 bridgehead atoms. The Balaban J connectivity index is 2.75. The second-order valence-electron chi connectivity index (χ2n) is 2.21. The monoisotopic (exact) mass is 168 g/mol. The lowest BCUT2D eigenvalue weighted by Gasteiger charge is -2.01. The van der Waals surface area contributed by atoms with Gasteiger partial charge in [-0.1, -0.05) is 0 Å². The normalized spacial score (nSPS) is 9.50. The van der Waals surface area contributed by atoms with Crippen molar-refractivity contribution < 1.29 is 9.18 Å². The molecule has 1 rings (SSSR count). The molecule has 0 heterocycles. The first-order valence-corrected chi connectivity index (χ1v) is 3.46. The second-order valence-corrected chi connectivity index (χ2v) is 2.21. The molecule has 0 aliphatic heterocycles. The Hall–Kier alpha value is -1.42. The molecule has 1 amide bonds. The maximum absolute atomic E-state index is 12.4. The molecule has 0 atom stereocenters. The predicted octanol–water partition coefficient (Wildman–Crippen LogP) is 0.690. The number of carbonyl (C=O) groups excluding carboxylic acids is 1. The van der Waals surface area contributed by atoms with Crippen LogP contribution in [0.2, 0.25) is 0 Å². The van der Waals surface area contributed by atoms with E-state index in [1.165, 1.54) is 24.3 Å². The van der Waals surface area contributed by atoms with Crippen molar-refractivity contribution in [3.63, 3.8) is 0 Å². The Morgan fingerprint density at radius 1 is 1.33 bits per heavy atom. The first-order valence-electron chi connectivity index (χ1n) is 3.46. The zero-order valence-corrected chi connectivity index (χ0v) is 6.60. The van der Waals surface area contributed by atoms with Crippen LogP contribution >= 0.6 is 0 Å². The third-order valence-electron chi connectivity index (χ3n) is 1.34. The number of rotatable bonds is 2. The molecule has 0 fully saturated rings. The zero-order valence-electron chi connectivity index (χ0n) is 6.60. The van der Waals surface area contributed by atoms with Gasteiger partial charge < -0.3 is 0 Å². The van der Waals surface area contributed by atoms with Gasteiger partial charge in [-0.2, -0.15) is 0 Å². The van der Waals surface area contributed by atoms with Gasteiger partial charge in [-0.3, -0.25) is 10.2 Å². The van der Waals surface area contributed by atoms with Gasteiger partial charge in [-0.05, 0) is 24.3 Å². The molecule has 2 N–H and O–H groups in total. The number of benzene rings is 1. The van der Waals surface area contributed by atoms with Gasteiger partial charge in [0.15, 0.2) is 0 Å². The maximum Gasteiger partial charge on any atom is 0.265 e. The molecule has 0 unspecified atom stereocenters. The van der Waals surface area contributed by atoms with Crippen LogP contribution in [0.1, 0.15) is 10.4 Å². The quantitative estimate of drug-likeness (QED) is 0.638. The van der Waals surface area contributed by atoms with Crippen molar-refractivity contribution in [2.45, 2.75) is 0 Å². The van der Waals surface area contributed by atoms with Crippen molar-refractivity contribution in [1.29, 1.82) is 0 Å². The number of amides is 1. The van der Waals surface area contributed by atoms with Crippen molar-refractivity contribution in [2.75, 3.05) is 7.05 Å². The Morgan fingerprint density at radius 2 is 1.92 bits per heavy atom. The molecule has 4 heteroatoms. The molecule has 1 aromatic carbocycles. The largest absolute Gasteiger partial charge is 0.288 e. The van der Waals surface area contributed by atoms with E-state index in [9.17, 15) is 9.18 Å². The van der Waals surface area contributed by atoms with E-state index in [1.54, 1.807) is 7.05 Å². The van der Waals surface area contributed by atoms with Gasteiger partial charge in [-0.15, -0.1) is 0 Å². The smallest absolute Gasteiger partial charge is 0.265 e. The van der Waals surface area contributed by atoms with E-state index in [2.05, 4.69) is 10.9 Å². The lowest BCUT2D eigenvalue weighted by molar-refractivity contribution is 0.0938. The van der Waals surface area contributed by atoms with Crippen LogP contribution < -0.4 is 10.9 Å². The molecule has 3 nitrogen and oxygen atoms in total. The molecule has 0 spiro atoms. The van der Waals surface area contributed by atoms with Crippen molar-refractivity contribution in [1.82, 2.24) is 10.9 Å². The van der Waals surface area contributed by atoms with Gasteiger partial charge in [0, 0.05) is 12.6 Å². The van der Waals surface area contributed by atoms with Crippen LogP contribution in [0, 0.1) is 5.82 Å². The predicted molar refractivity (Wildman–Crippen MR) is 42.9 cm³/mol. The summed E-state index contributed by atoms with van der Waals surface area (Å²) < 4.78 is 12.4. The molecule has 0 saturated heterocycles. The average molecular weight is 168 g/mol. The molecule has 0 aliphatic rings. The molecule has 0 radical (unpaired) electrons. The van der Waals surface area contributed by atoms with Crippen LogP contribution in [-0.4, -0.2) is 13.0 Å². The summed E-state index contributed by atoms with van der Waals surface area (Å²) in [6, 6.07) is 5.32. The van der Waals surface area contributed by atoms with Crippen molar-refractivity contribution >= 4 is 5.91 Å². The number of hydrazine groups is 1. The van der Waals surface area contributed by atoms with Gasteiger partial charge in [0.2, 0.25) is 0 Å². The minimum atomic E-state index is -0.351. The highest BCUT2D eigenvalue weighted by atomic mass is 19.1. The van der Waals surface area contributed by atoms with Crippen molar-refractivity contribution in [3.05, 3.63) is 35.6 Å². The highest BCUT2D eigenvalue weighted by Gasteiger charge is 2.02. The first-order chi connectivity index (χ1) is 5.74. The Morgan fingerprint density at radius 3 is 2.42 bits per heavy atom. The van der Waals surface area contributed by atoms with E-state index in [-0.39, 0.29) is 11.7 Å². The number of nitrogens with one attached hydrogen (secondary N) is 2. The van der Waals surface area contributed by atoms with Gasteiger partial charge in [0.25, 0.3) is 5.91 Å². The fourth-order valence-corrected chi connectivity index (χ4v) is 0.787. The third kappa shape index (κ3) is 2.03. The number of hydrogen-bond acceptors (Lipinski definition) is 2. The van der Waals surface area contributed by atoms with Crippen LogP contribution in [0.15, 0.2) is 24.3 Å². The van der Waals surface area contributed by atoms with Crippen molar-refractivity contribution in [2.24, 2.45) is 0 Å². The molecule has 0 aliphatic carbocycles. The van der Waals surface area contributed by atoms with Gasteiger partial charge in [-0.25, -0.2) is 9.82 Å². The summed E-state index contributed by atoms with van der Waals surface area (Å²) in [6.07, 6.45) is 0. The van der Waals surface area contributed by atoms with Gasteiger partial charge in [0.1, 0.15) is 5.82 Å². The maximum atomic E-state index is 12.4.